The second-order valence-corrected chi connectivity index (χ2v) is 4.94. The Morgan fingerprint density at radius 1 is 1.50 bits per heavy atom. The molecule has 0 unspecified atom stereocenters. The molecule has 0 saturated heterocycles. The Hall–Kier alpha value is -1.62. The number of aldehydes is 1. The van der Waals surface area contributed by atoms with Gasteiger partial charge in [-0.2, -0.15) is 5.10 Å². The van der Waals surface area contributed by atoms with Crippen molar-refractivity contribution in [2.24, 2.45) is 7.05 Å². The van der Waals surface area contributed by atoms with Crippen LogP contribution in [0.2, 0.25) is 0 Å². The second-order valence-electron chi connectivity index (χ2n) is 4.03. The van der Waals surface area contributed by atoms with Gasteiger partial charge in [-0.15, -0.1) is 0 Å². The van der Waals surface area contributed by atoms with Crippen LogP contribution in [0.1, 0.15) is 21.6 Å². The van der Waals surface area contributed by atoms with Crippen LogP contribution in [0.4, 0.5) is 0 Å². The molecule has 2 rings (SSSR count). The fourth-order valence-corrected chi connectivity index (χ4v) is 2.32. The molecule has 0 atom stereocenters. The lowest BCUT2D eigenvalue weighted by Crippen LogP contribution is -2.02. The van der Waals surface area contributed by atoms with Crippen LogP contribution in [0, 0.1) is 6.92 Å². The van der Waals surface area contributed by atoms with E-state index in [0.717, 1.165) is 22.0 Å². The number of ether oxygens (including phenoxy) is 1. The summed E-state index contributed by atoms with van der Waals surface area (Å²) in [5.41, 5.74) is 2.29. The number of aryl methyl sites for hydroxylation is 2. The lowest BCUT2D eigenvalue weighted by molar-refractivity contribution is 0.111. The summed E-state index contributed by atoms with van der Waals surface area (Å²) in [5.74, 6) is 0.610. The summed E-state index contributed by atoms with van der Waals surface area (Å²) in [7, 11) is 1.85. The van der Waals surface area contributed by atoms with E-state index in [-0.39, 0.29) is 0 Å². The summed E-state index contributed by atoms with van der Waals surface area (Å²) in [6.45, 7) is 2.26. The zero-order chi connectivity index (χ0) is 13.1. The predicted molar refractivity (Wildman–Crippen MR) is 71.8 cm³/mol. The molecule has 0 aliphatic rings. The number of aromatic nitrogens is 2. The van der Waals surface area contributed by atoms with E-state index in [1.54, 1.807) is 10.7 Å². The molecule has 1 heterocycles. The van der Waals surface area contributed by atoms with Crippen molar-refractivity contribution in [2.45, 2.75) is 13.5 Å². The standard InChI is InChI=1S/C13H13BrN2O2/c1-9-5-11(14)6-10(7-17)13(9)18-8-12-3-4-16(2)15-12/h3-7H,8H2,1-2H3. The first kappa shape index (κ1) is 12.8. The van der Waals surface area contributed by atoms with Gasteiger partial charge in [0, 0.05) is 17.7 Å². The molecule has 0 saturated carbocycles. The van der Waals surface area contributed by atoms with E-state index in [9.17, 15) is 4.79 Å². The van der Waals surface area contributed by atoms with Crippen molar-refractivity contribution in [3.63, 3.8) is 0 Å². The number of hydrogen-bond acceptors (Lipinski definition) is 3. The first-order chi connectivity index (χ1) is 8.60. The summed E-state index contributed by atoms with van der Waals surface area (Å²) in [4.78, 5) is 11.0. The highest BCUT2D eigenvalue weighted by molar-refractivity contribution is 9.10. The predicted octanol–water partition coefficient (Wildman–Crippen LogP) is 2.88. The zero-order valence-corrected chi connectivity index (χ0v) is 11.8. The molecule has 18 heavy (non-hydrogen) atoms. The van der Waals surface area contributed by atoms with Crippen LogP contribution in [-0.4, -0.2) is 16.1 Å². The van der Waals surface area contributed by atoms with Crippen molar-refractivity contribution in [1.82, 2.24) is 9.78 Å². The average Bonchev–Trinajstić information content (AvgIpc) is 2.73. The number of rotatable bonds is 4. The summed E-state index contributed by atoms with van der Waals surface area (Å²) >= 11 is 3.36. The Kier molecular flexibility index (Phi) is 3.81. The number of halogens is 1. The van der Waals surface area contributed by atoms with Gasteiger partial charge in [-0.1, -0.05) is 15.9 Å². The fourth-order valence-electron chi connectivity index (χ4n) is 1.73. The van der Waals surface area contributed by atoms with Crippen molar-refractivity contribution >= 4 is 22.2 Å². The van der Waals surface area contributed by atoms with Crippen molar-refractivity contribution < 1.29 is 9.53 Å². The largest absolute Gasteiger partial charge is 0.486 e. The van der Waals surface area contributed by atoms with E-state index in [1.165, 1.54) is 0 Å². The van der Waals surface area contributed by atoms with Crippen molar-refractivity contribution in [1.29, 1.82) is 0 Å². The first-order valence-corrected chi connectivity index (χ1v) is 6.26. The quantitative estimate of drug-likeness (QED) is 0.816. The molecule has 0 amide bonds. The normalized spacial score (nSPS) is 10.4. The van der Waals surface area contributed by atoms with E-state index < -0.39 is 0 Å². The maximum Gasteiger partial charge on any atom is 0.153 e. The van der Waals surface area contributed by atoms with Gasteiger partial charge in [0.25, 0.3) is 0 Å². The first-order valence-electron chi connectivity index (χ1n) is 5.47. The van der Waals surface area contributed by atoms with Gasteiger partial charge in [0.1, 0.15) is 12.4 Å². The number of carbonyl (C=O) groups is 1. The molecule has 0 aliphatic heterocycles. The van der Waals surface area contributed by atoms with Crippen molar-refractivity contribution in [3.05, 3.63) is 45.7 Å². The summed E-state index contributed by atoms with van der Waals surface area (Å²) < 4.78 is 8.27. The zero-order valence-electron chi connectivity index (χ0n) is 10.2. The van der Waals surface area contributed by atoms with E-state index in [4.69, 9.17) is 4.74 Å². The number of hydrogen-bond donors (Lipinski definition) is 0. The van der Waals surface area contributed by atoms with Gasteiger partial charge in [0.2, 0.25) is 0 Å². The summed E-state index contributed by atoms with van der Waals surface area (Å²) in [5, 5.41) is 4.22. The summed E-state index contributed by atoms with van der Waals surface area (Å²) in [6.07, 6.45) is 2.65. The molecule has 5 heteroatoms. The Balaban J connectivity index is 2.20. The molecule has 0 radical (unpaired) electrons. The minimum atomic E-state index is 0.351. The molecule has 0 N–H and O–H groups in total. The van der Waals surface area contributed by atoms with Crippen LogP contribution in [-0.2, 0) is 13.7 Å². The van der Waals surface area contributed by atoms with Crippen LogP contribution in [0.3, 0.4) is 0 Å². The fraction of sp³-hybridized carbons (Fsp3) is 0.231. The number of nitrogens with zero attached hydrogens (tertiary/aromatic N) is 2. The van der Waals surface area contributed by atoms with Crippen LogP contribution in [0.25, 0.3) is 0 Å². The lowest BCUT2D eigenvalue weighted by Gasteiger charge is -2.10. The van der Waals surface area contributed by atoms with Gasteiger partial charge in [0.05, 0.1) is 11.3 Å². The Morgan fingerprint density at radius 2 is 2.28 bits per heavy atom. The minimum Gasteiger partial charge on any atom is -0.486 e. The molecule has 0 fully saturated rings. The minimum absolute atomic E-state index is 0.351. The van der Waals surface area contributed by atoms with Gasteiger partial charge in [-0.3, -0.25) is 9.48 Å². The monoisotopic (exact) mass is 308 g/mol. The van der Waals surface area contributed by atoms with E-state index in [0.29, 0.717) is 17.9 Å². The molecule has 0 spiro atoms. The Morgan fingerprint density at radius 3 is 2.89 bits per heavy atom. The third-order valence-corrected chi connectivity index (χ3v) is 2.99. The maximum atomic E-state index is 11.0. The van der Waals surface area contributed by atoms with Gasteiger partial charge < -0.3 is 4.74 Å². The van der Waals surface area contributed by atoms with Crippen molar-refractivity contribution in [3.8, 4) is 5.75 Å². The third-order valence-electron chi connectivity index (χ3n) is 2.53. The van der Waals surface area contributed by atoms with Gasteiger partial charge in [-0.25, -0.2) is 0 Å². The van der Waals surface area contributed by atoms with Crippen LogP contribution < -0.4 is 4.74 Å². The molecule has 0 aliphatic carbocycles. The van der Waals surface area contributed by atoms with E-state index >= 15 is 0 Å². The highest BCUT2D eigenvalue weighted by Gasteiger charge is 2.09. The lowest BCUT2D eigenvalue weighted by atomic mass is 10.1. The smallest absolute Gasteiger partial charge is 0.153 e. The molecule has 0 bridgehead atoms. The van der Waals surface area contributed by atoms with E-state index in [1.807, 2.05) is 32.3 Å². The number of benzene rings is 1. The molecule has 94 valence electrons. The molecular formula is C13H13BrN2O2. The van der Waals surface area contributed by atoms with Crippen LogP contribution >= 0.6 is 15.9 Å². The molecule has 1 aromatic heterocycles. The molecule has 2 aromatic rings. The molecular weight excluding hydrogens is 296 g/mol. The summed E-state index contributed by atoms with van der Waals surface area (Å²) in [6, 6.07) is 5.54. The van der Waals surface area contributed by atoms with Crippen LogP contribution in [0.5, 0.6) is 5.75 Å². The SMILES string of the molecule is Cc1cc(Br)cc(C=O)c1OCc1ccn(C)n1. The molecule has 1 aromatic carbocycles. The maximum absolute atomic E-state index is 11.0. The number of carbonyl (C=O) groups excluding carboxylic acids is 1. The van der Waals surface area contributed by atoms with Crippen molar-refractivity contribution in [2.75, 3.05) is 0 Å². The van der Waals surface area contributed by atoms with Gasteiger partial charge in [0.15, 0.2) is 6.29 Å². The topological polar surface area (TPSA) is 44.1 Å². The molecule has 4 nitrogen and oxygen atoms in total. The highest BCUT2D eigenvalue weighted by atomic mass is 79.9. The Labute approximate surface area is 114 Å². The van der Waals surface area contributed by atoms with Gasteiger partial charge in [-0.05, 0) is 30.7 Å². The second kappa shape index (κ2) is 5.35. The highest BCUT2D eigenvalue weighted by Crippen LogP contribution is 2.27. The third kappa shape index (κ3) is 2.79. The average molecular weight is 309 g/mol. The Bertz CT molecular complexity index is 578. The van der Waals surface area contributed by atoms with Gasteiger partial charge >= 0.3 is 0 Å². The van der Waals surface area contributed by atoms with E-state index in [2.05, 4.69) is 21.0 Å². The van der Waals surface area contributed by atoms with Crippen LogP contribution in [0.15, 0.2) is 28.9 Å².